The number of methoxy groups -OCH3 is 2. The molecule has 2 atom stereocenters. The highest BCUT2D eigenvalue weighted by Gasteiger charge is 2.40. The van der Waals surface area contributed by atoms with Crippen molar-refractivity contribution >= 4 is 0 Å². The van der Waals surface area contributed by atoms with Crippen molar-refractivity contribution in [1.82, 2.24) is 24.5 Å². The van der Waals surface area contributed by atoms with Crippen LogP contribution < -0.4 is 19.8 Å². The van der Waals surface area contributed by atoms with E-state index < -0.39 is 0 Å². The van der Waals surface area contributed by atoms with Gasteiger partial charge in [0.2, 0.25) is 5.88 Å². The highest BCUT2D eigenvalue weighted by molar-refractivity contribution is 5.28. The molecule has 0 unspecified atom stereocenters. The van der Waals surface area contributed by atoms with Crippen molar-refractivity contribution in [2.75, 3.05) is 20.8 Å². The summed E-state index contributed by atoms with van der Waals surface area (Å²) >= 11 is 0. The summed E-state index contributed by atoms with van der Waals surface area (Å²) in [5, 5.41) is 8.98. The standard InChI is InChI=1S/C29H33N5O4/c1-19-22(17-34(31-19)16-20-5-9-24(36-3)10-6-20)8-7-21-14-28(32-33(2)29(21)35)38-18-23-13-26(23)27-12-11-25(37-4)15-30-27/h5-6,9-12,14-15,17,23,26H,7-8,13,16,18H2,1-4H3/t23-,26+/m1/s1. The fraction of sp³-hybridized carbons (Fsp3) is 0.379. The van der Waals surface area contributed by atoms with Gasteiger partial charge in [0, 0.05) is 42.4 Å². The molecule has 1 aromatic carbocycles. The van der Waals surface area contributed by atoms with Crippen LogP contribution in [-0.2, 0) is 26.4 Å². The molecule has 9 nitrogen and oxygen atoms in total. The van der Waals surface area contributed by atoms with Crippen molar-refractivity contribution in [2.45, 2.75) is 38.6 Å². The number of aryl methyl sites for hydroxylation is 4. The summed E-state index contributed by atoms with van der Waals surface area (Å²) < 4.78 is 19.7. The Kier molecular flexibility index (Phi) is 7.44. The van der Waals surface area contributed by atoms with Crippen LogP contribution in [0.2, 0.25) is 0 Å². The molecule has 0 bridgehead atoms. The van der Waals surface area contributed by atoms with Crippen LogP contribution in [-0.4, -0.2) is 45.4 Å². The third-order valence-electron chi connectivity index (χ3n) is 7.07. The van der Waals surface area contributed by atoms with Crippen molar-refractivity contribution in [3.05, 3.63) is 93.3 Å². The molecular formula is C29H33N5O4. The van der Waals surface area contributed by atoms with E-state index in [0.29, 0.717) is 49.3 Å². The van der Waals surface area contributed by atoms with Gasteiger partial charge in [0.05, 0.1) is 39.3 Å². The molecule has 3 heterocycles. The van der Waals surface area contributed by atoms with Crippen LogP contribution in [0.25, 0.3) is 0 Å². The first-order chi connectivity index (χ1) is 18.4. The summed E-state index contributed by atoms with van der Waals surface area (Å²) in [4.78, 5) is 17.3. The lowest BCUT2D eigenvalue weighted by Gasteiger charge is -2.09. The van der Waals surface area contributed by atoms with E-state index >= 15 is 0 Å². The molecule has 198 valence electrons. The molecule has 4 aromatic rings. The molecule has 9 heteroatoms. The van der Waals surface area contributed by atoms with E-state index in [1.165, 1.54) is 4.68 Å². The fourth-order valence-electron chi connectivity index (χ4n) is 4.68. The average Bonchev–Trinajstić information content (AvgIpc) is 3.63. The molecule has 0 radical (unpaired) electrons. The zero-order valence-corrected chi connectivity index (χ0v) is 22.3. The number of rotatable bonds is 11. The van der Waals surface area contributed by atoms with Crippen molar-refractivity contribution in [3.8, 4) is 17.4 Å². The number of benzene rings is 1. The maximum Gasteiger partial charge on any atom is 0.269 e. The third kappa shape index (κ3) is 5.88. The number of hydrogen-bond acceptors (Lipinski definition) is 7. The molecule has 0 N–H and O–H groups in total. The molecule has 38 heavy (non-hydrogen) atoms. The predicted octanol–water partition coefficient (Wildman–Crippen LogP) is 3.71. The predicted molar refractivity (Wildman–Crippen MR) is 143 cm³/mol. The van der Waals surface area contributed by atoms with Gasteiger partial charge in [-0.1, -0.05) is 12.1 Å². The fourth-order valence-corrected chi connectivity index (χ4v) is 4.68. The summed E-state index contributed by atoms with van der Waals surface area (Å²) in [7, 11) is 4.96. The van der Waals surface area contributed by atoms with Crippen LogP contribution in [0, 0.1) is 12.8 Å². The number of nitrogens with zero attached hydrogens (tertiary/aromatic N) is 5. The van der Waals surface area contributed by atoms with Gasteiger partial charge in [0.15, 0.2) is 0 Å². The molecule has 0 saturated heterocycles. The van der Waals surface area contributed by atoms with E-state index in [-0.39, 0.29) is 5.56 Å². The largest absolute Gasteiger partial charge is 0.497 e. The Labute approximate surface area is 222 Å². The Hall–Kier alpha value is -4.14. The zero-order chi connectivity index (χ0) is 26.6. The first-order valence-corrected chi connectivity index (χ1v) is 12.8. The molecule has 3 aromatic heterocycles. The lowest BCUT2D eigenvalue weighted by atomic mass is 10.1. The molecule has 1 fully saturated rings. The van der Waals surface area contributed by atoms with E-state index in [1.807, 2.05) is 48.0 Å². The maximum absolute atomic E-state index is 12.8. The van der Waals surface area contributed by atoms with Crippen molar-refractivity contribution in [2.24, 2.45) is 13.0 Å². The monoisotopic (exact) mass is 515 g/mol. The normalized spacial score (nSPS) is 16.3. The highest BCUT2D eigenvalue weighted by Crippen LogP contribution is 2.46. The van der Waals surface area contributed by atoms with Gasteiger partial charge >= 0.3 is 0 Å². The topological polar surface area (TPSA) is 93.3 Å². The summed E-state index contributed by atoms with van der Waals surface area (Å²) in [6, 6.07) is 13.7. The maximum atomic E-state index is 12.8. The van der Waals surface area contributed by atoms with Crippen LogP contribution in [0.1, 0.15) is 40.4 Å². The highest BCUT2D eigenvalue weighted by atomic mass is 16.5. The van der Waals surface area contributed by atoms with E-state index in [9.17, 15) is 4.79 Å². The first kappa shape index (κ1) is 25.5. The minimum atomic E-state index is -0.104. The van der Waals surface area contributed by atoms with Crippen LogP contribution in [0.15, 0.2) is 59.7 Å². The quantitative estimate of drug-likeness (QED) is 0.301. The Morgan fingerprint density at radius 1 is 0.974 bits per heavy atom. The van der Waals surface area contributed by atoms with Crippen LogP contribution in [0.5, 0.6) is 17.4 Å². The van der Waals surface area contributed by atoms with Crippen molar-refractivity contribution in [3.63, 3.8) is 0 Å². The van der Waals surface area contributed by atoms with Gasteiger partial charge in [0.1, 0.15) is 11.5 Å². The zero-order valence-electron chi connectivity index (χ0n) is 22.3. The van der Waals surface area contributed by atoms with Gasteiger partial charge in [-0.25, -0.2) is 4.68 Å². The van der Waals surface area contributed by atoms with Gasteiger partial charge in [-0.05, 0) is 61.6 Å². The van der Waals surface area contributed by atoms with E-state index in [4.69, 9.17) is 14.2 Å². The lowest BCUT2D eigenvalue weighted by Crippen LogP contribution is -2.24. The number of hydrogen-bond donors (Lipinski definition) is 0. The minimum absolute atomic E-state index is 0.104. The summed E-state index contributed by atoms with van der Waals surface area (Å²) in [5.41, 5.74) is 4.86. The summed E-state index contributed by atoms with van der Waals surface area (Å²) in [6.45, 7) is 3.22. The number of ether oxygens (including phenoxy) is 3. The van der Waals surface area contributed by atoms with E-state index in [1.54, 1.807) is 33.5 Å². The van der Waals surface area contributed by atoms with Gasteiger partial charge in [0.25, 0.3) is 5.56 Å². The van der Waals surface area contributed by atoms with Crippen LogP contribution in [0.4, 0.5) is 0 Å². The Morgan fingerprint density at radius 2 is 1.71 bits per heavy atom. The average molecular weight is 516 g/mol. The molecule has 0 aliphatic heterocycles. The molecule has 1 aliphatic carbocycles. The summed E-state index contributed by atoms with van der Waals surface area (Å²) in [6.07, 6.45) is 6.13. The molecular weight excluding hydrogens is 482 g/mol. The molecule has 0 spiro atoms. The molecule has 1 saturated carbocycles. The minimum Gasteiger partial charge on any atom is -0.497 e. The van der Waals surface area contributed by atoms with Crippen LogP contribution >= 0.6 is 0 Å². The van der Waals surface area contributed by atoms with Gasteiger partial charge in [-0.3, -0.25) is 14.5 Å². The van der Waals surface area contributed by atoms with Crippen molar-refractivity contribution < 1.29 is 14.2 Å². The van der Waals surface area contributed by atoms with Crippen molar-refractivity contribution in [1.29, 1.82) is 0 Å². The van der Waals surface area contributed by atoms with Gasteiger partial charge in [-0.15, -0.1) is 5.10 Å². The second-order valence-corrected chi connectivity index (χ2v) is 9.76. The Morgan fingerprint density at radius 3 is 2.42 bits per heavy atom. The lowest BCUT2D eigenvalue weighted by molar-refractivity contribution is 0.277. The Bertz CT molecular complexity index is 1440. The van der Waals surface area contributed by atoms with Gasteiger partial charge in [-0.2, -0.15) is 5.10 Å². The smallest absolute Gasteiger partial charge is 0.269 e. The second-order valence-electron chi connectivity index (χ2n) is 9.76. The van der Waals surface area contributed by atoms with Crippen LogP contribution in [0.3, 0.4) is 0 Å². The number of aromatic nitrogens is 5. The Balaban J connectivity index is 1.18. The van der Waals surface area contributed by atoms with E-state index in [0.717, 1.165) is 40.4 Å². The van der Waals surface area contributed by atoms with E-state index in [2.05, 4.69) is 21.4 Å². The molecule has 0 amide bonds. The third-order valence-corrected chi connectivity index (χ3v) is 7.07. The summed E-state index contributed by atoms with van der Waals surface area (Å²) in [5.74, 6) is 2.83. The molecule has 5 rings (SSSR count). The number of pyridine rings is 1. The first-order valence-electron chi connectivity index (χ1n) is 12.8. The van der Waals surface area contributed by atoms with Gasteiger partial charge < -0.3 is 14.2 Å². The molecule has 1 aliphatic rings. The SMILES string of the molecule is COc1ccc(Cn2cc(CCc3cc(OC[C@H]4C[C@@H]4c4ccc(OC)cn4)nn(C)c3=O)c(C)n2)cc1. The second kappa shape index (κ2) is 11.1.